The molecular formula is C28H33N3O12-6. The molecular weight excluding hydrogens is 570 g/mol. The average Bonchev–Trinajstić information content (AvgIpc) is 2.92. The van der Waals surface area contributed by atoms with Crippen molar-refractivity contribution in [3.8, 4) is 0 Å². The number of benzene rings is 1. The number of carbonyl (C=O) groups excluding carboxylic acids is 6. The predicted molar refractivity (Wildman–Crippen MR) is 139 cm³/mol. The first-order valence-corrected chi connectivity index (χ1v) is 12.5. The zero-order valence-corrected chi connectivity index (χ0v) is 23.9. The molecule has 0 aromatic heterocycles. The molecule has 43 heavy (non-hydrogen) atoms. The summed E-state index contributed by atoms with van der Waals surface area (Å²) >= 11 is 0. The number of hydrogen-bond donors (Lipinski definition) is 0. The van der Waals surface area contributed by atoms with Crippen molar-refractivity contribution in [1.29, 1.82) is 0 Å². The number of hydrogen-bond acceptors (Lipinski definition) is 15. The topological polar surface area (TPSA) is 250 Å². The smallest absolute Gasteiger partial charge is 0.0643 e. The number of carboxylic acid groups (broad SMARTS) is 6. The molecule has 1 atom stereocenters. The Morgan fingerprint density at radius 3 is 1.26 bits per heavy atom. The number of carbonyl (C=O) groups is 6. The molecule has 0 radical (unpaired) electrons. The van der Waals surface area contributed by atoms with Gasteiger partial charge in [-0.25, -0.2) is 0 Å². The molecule has 0 spiro atoms. The molecule has 2 rings (SSSR count). The summed E-state index contributed by atoms with van der Waals surface area (Å²) in [4.78, 5) is 63.8. The molecule has 0 saturated carbocycles. The first kappa shape index (κ1) is 40.3. The van der Waals surface area contributed by atoms with Gasteiger partial charge >= 0.3 is 0 Å². The Labute approximate surface area is 248 Å². The zero-order chi connectivity index (χ0) is 33.4. The van der Waals surface area contributed by atoms with Crippen molar-refractivity contribution >= 4 is 35.8 Å². The van der Waals surface area contributed by atoms with Crippen molar-refractivity contribution in [3.05, 3.63) is 72.4 Å². The summed E-state index contributed by atoms with van der Waals surface area (Å²) in [5.74, 6) is -9.28. The van der Waals surface area contributed by atoms with Gasteiger partial charge in [0, 0.05) is 38.8 Å². The highest BCUT2D eigenvalue weighted by Crippen LogP contribution is 2.22. The molecule has 15 heteroatoms. The van der Waals surface area contributed by atoms with Crippen LogP contribution in [0.5, 0.6) is 0 Å². The van der Waals surface area contributed by atoms with Crippen LogP contribution in [0.25, 0.3) is 0 Å². The molecule has 0 bridgehead atoms. The van der Waals surface area contributed by atoms with E-state index in [4.69, 9.17) is 0 Å². The van der Waals surface area contributed by atoms with E-state index in [0.29, 0.717) is 42.5 Å². The molecule has 1 heterocycles. The first-order valence-electron chi connectivity index (χ1n) is 12.5. The minimum Gasteiger partial charge on any atom is -0.545 e. The second-order valence-corrected chi connectivity index (χ2v) is 8.74. The van der Waals surface area contributed by atoms with Crippen molar-refractivity contribution in [2.75, 3.05) is 53.9 Å². The summed E-state index contributed by atoms with van der Waals surface area (Å²) < 4.78 is 0. The second kappa shape index (κ2) is 23.8. The largest absolute Gasteiger partial charge is 0.545 e. The Morgan fingerprint density at radius 1 is 0.651 bits per heavy atom. The van der Waals surface area contributed by atoms with Gasteiger partial charge in [-0.05, 0) is 69.6 Å². The molecule has 1 aromatic carbocycles. The Bertz CT molecular complexity index is 980. The third-order valence-electron chi connectivity index (χ3n) is 5.19. The van der Waals surface area contributed by atoms with Gasteiger partial charge in [0.05, 0.1) is 35.8 Å². The number of rotatable bonds is 11. The minimum atomic E-state index is -1.55. The summed E-state index contributed by atoms with van der Waals surface area (Å²) in [5, 5.41) is 56.5. The lowest BCUT2D eigenvalue weighted by Gasteiger charge is -2.34. The van der Waals surface area contributed by atoms with Crippen molar-refractivity contribution in [2.45, 2.75) is 12.5 Å². The molecule has 238 valence electrons. The van der Waals surface area contributed by atoms with Gasteiger partial charge < -0.3 is 74.1 Å². The Kier molecular flexibility index (Phi) is 22.3. The second-order valence-electron chi connectivity index (χ2n) is 8.74. The van der Waals surface area contributed by atoms with Gasteiger partial charge in [-0.15, -0.1) is 0 Å². The standard InChI is InChI=1S/C16H27N3.3C4H4O4/c1-17(2)16(15-7-5-4-6-8-15)9-10-19-13-11-18(3)12-14-19;3*5-3(6)1-2-4(7)8/h4-8,16H,9-14H2,1-3H3;3*1-2H,(H,5,6)(H,7,8)/p-6/b;3*2-1-. The number of carboxylic acids is 6. The molecule has 1 unspecified atom stereocenters. The third kappa shape index (κ3) is 27.1. The number of aliphatic carboxylic acids is 6. The van der Waals surface area contributed by atoms with Crippen LogP contribution in [-0.4, -0.2) is 104 Å². The van der Waals surface area contributed by atoms with E-state index >= 15 is 0 Å². The van der Waals surface area contributed by atoms with Gasteiger partial charge in [-0.2, -0.15) is 0 Å². The van der Waals surface area contributed by atoms with E-state index in [1.54, 1.807) is 0 Å². The fraction of sp³-hybridized carbons (Fsp3) is 0.357. The lowest BCUT2D eigenvalue weighted by Crippen LogP contribution is -2.45. The highest BCUT2D eigenvalue weighted by atomic mass is 16.4. The van der Waals surface area contributed by atoms with Crippen molar-refractivity contribution in [3.63, 3.8) is 0 Å². The van der Waals surface area contributed by atoms with E-state index in [1.807, 2.05) is 0 Å². The van der Waals surface area contributed by atoms with Crippen molar-refractivity contribution < 1.29 is 59.4 Å². The fourth-order valence-corrected chi connectivity index (χ4v) is 3.18. The maximum atomic E-state index is 9.41. The van der Waals surface area contributed by atoms with Crippen LogP contribution in [0.2, 0.25) is 0 Å². The predicted octanol–water partition coefficient (Wildman–Crippen LogP) is -6.95. The van der Waals surface area contributed by atoms with E-state index < -0.39 is 35.8 Å². The van der Waals surface area contributed by atoms with Gasteiger partial charge in [0.1, 0.15) is 0 Å². The maximum Gasteiger partial charge on any atom is 0.0643 e. The summed E-state index contributed by atoms with van der Waals surface area (Å²) in [5.41, 5.74) is 1.43. The summed E-state index contributed by atoms with van der Waals surface area (Å²) in [6.45, 7) is 6.04. The van der Waals surface area contributed by atoms with Gasteiger partial charge in [0.15, 0.2) is 0 Å². The average molecular weight is 604 g/mol. The fourth-order valence-electron chi connectivity index (χ4n) is 3.18. The van der Waals surface area contributed by atoms with Crippen LogP contribution in [0, 0.1) is 0 Å². The third-order valence-corrected chi connectivity index (χ3v) is 5.19. The van der Waals surface area contributed by atoms with Crippen LogP contribution in [0.15, 0.2) is 66.8 Å². The van der Waals surface area contributed by atoms with Gasteiger partial charge in [0.25, 0.3) is 0 Å². The maximum absolute atomic E-state index is 9.41. The molecule has 1 aliphatic rings. The van der Waals surface area contributed by atoms with Crippen LogP contribution in [0.1, 0.15) is 18.0 Å². The van der Waals surface area contributed by atoms with Crippen molar-refractivity contribution in [1.82, 2.24) is 14.7 Å². The highest BCUT2D eigenvalue weighted by Gasteiger charge is 2.18. The van der Waals surface area contributed by atoms with E-state index in [2.05, 4.69) is 66.2 Å². The monoisotopic (exact) mass is 603 g/mol. The van der Waals surface area contributed by atoms with E-state index in [0.717, 1.165) is 0 Å². The Hall–Kier alpha value is -4.86. The lowest BCUT2D eigenvalue weighted by atomic mass is 10.0. The Balaban J connectivity index is 0. The van der Waals surface area contributed by atoms with Gasteiger partial charge in [-0.1, -0.05) is 30.3 Å². The van der Waals surface area contributed by atoms with Crippen LogP contribution in [-0.2, 0) is 28.8 Å². The molecule has 0 amide bonds. The molecule has 1 aliphatic heterocycles. The zero-order valence-electron chi connectivity index (χ0n) is 23.9. The molecule has 0 aliphatic carbocycles. The first-order chi connectivity index (χ1) is 20.0. The highest BCUT2D eigenvalue weighted by molar-refractivity contribution is 5.88. The van der Waals surface area contributed by atoms with E-state index in [1.165, 1.54) is 44.7 Å². The van der Waals surface area contributed by atoms with E-state index in [9.17, 15) is 59.4 Å². The van der Waals surface area contributed by atoms with Gasteiger partial charge in [0.2, 0.25) is 0 Å². The molecule has 1 saturated heterocycles. The van der Waals surface area contributed by atoms with Crippen LogP contribution >= 0.6 is 0 Å². The van der Waals surface area contributed by atoms with E-state index in [-0.39, 0.29) is 0 Å². The SMILES string of the molecule is CN1CCN(CCC(c2ccccc2)N(C)C)CC1.O=C([O-])/C=C\C(=O)[O-].O=C([O-])/C=C\C(=O)[O-].O=C([O-])/C=C\C(=O)[O-]. The number of nitrogens with zero attached hydrogens (tertiary/aromatic N) is 3. The number of likely N-dealkylation sites (N-methyl/N-ethyl adjacent to an activating group) is 1. The molecule has 1 aromatic rings. The van der Waals surface area contributed by atoms with Crippen LogP contribution in [0.4, 0.5) is 0 Å². The molecule has 1 fully saturated rings. The van der Waals surface area contributed by atoms with Crippen LogP contribution in [0.3, 0.4) is 0 Å². The quantitative estimate of drug-likeness (QED) is 0.213. The summed E-state index contributed by atoms with van der Waals surface area (Å²) in [6.07, 6.45) is 3.51. The lowest BCUT2D eigenvalue weighted by molar-refractivity contribution is -0.301. The van der Waals surface area contributed by atoms with Crippen LogP contribution < -0.4 is 30.6 Å². The minimum absolute atomic E-state index is 0.384. The van der Waals surface area contributed by atoms with Gasteiger partial charge in [-0.3, -0.25) is 0 Å². The Morgan fingerprint density at radius 2 is 0.977 bits per heavy atom. The summed E-state index contributed by atoms with van der Waals surface area (Å²) in [7, 11) is 6.58. The summed E-state index contributed by atoms with van der Waals surface area (Å²) in [6, 6.07) is 11.4. The van der Waals surface area contributed by atoms with Crippen molar-refractivity contribution in [2.24, 2.45) is 0 Å². The normalized spacial score (nSPS) is 14.0. The molecule has 15 nitrogen and oxygen atoms in total. The number of piperazine rings is 1. The molecule has 0 N–H and O–H groups in total.